The Morgan fingerprint density at radius 3 is 2.76 bits per heavy atom. The third-order valence-corrected chi connectivity index (χ3v) is 4.28. The highest BCUT2D eigenvalue weighted by Gasteiger charge is 2.18. The van der Waals surface area contributed by atoms with E-state index in [2.05, 4.69) is 26.0 Å². The summed E-state index contributed by atoms with van der Waals surface area (Å²) in [6, 6.07) is 2.48. The number of aromatic nitrogens is 3. The van der Waals surface area contributed by atoms with Crippen LogP contribution in [-0.2, 0) is 7.05 Å². The Labute approximate surface area is 128 Å². The normalized spacial score (nSPS) is 10.6. The number of H-pyrrole nitrogens is 1. The summed E-state index contributed by atoms with van der Waals surface area (Å²) in [5, 5.41) is 11.2. The van der Waals surface area contributed by atoms with E-state index in [1.54, 1.807) is 0 Å². The van der Waals surface area contributed by atoms with Gasteiger partial charge in [-0.2, -0.15) is 4.98 Å². The van der Waals surface area contributed by atoms with E-state index in [0.29, 0.717) is 0 Å². The zero-order chi connectivity index (χ0) is 15.7. The molecule has 0 atom stereocenters. The molecule has 21 heavy (non-hydrogen) atoms. The number of nitrogens with one attached hydrogen (secondary N) is 1. The Morgan fingerprint density at radius 1 is 1.48 bits per heavy atom. The molecule has 0 unspecified atom stereocenters. The van der Waals surface area contributed by atoms with Crippen molar-refractivity contribution in [2.45, 2.75) is 10.1 Å². The molecule has 0 radical (unpaired) electrons. The molecule has 110 valence electrons. The van der Waals surface area contributed by atoms with Crippen LogP contribution in [0.1, 0.15) is 10.4 Å². The summed E-state index contributed by atoms with van der Waals surface area (Å²) < 4.78 is 15.1. The van der Waals surface area contributed by atoms with Crippen LogP contribution in [0.15, 0.2) is 36.2 Å². The summed E-state index contributed by atoms with van der Waals surface area (Å²) >= 11 is 3.66. The zero-order valence-electron chi connectivity index (χ0n) is 10.4. The van der Waals surface area contributed by atoms with Gasteiger partial charge in [-0.1, -0.05) is 0 Å². The summed E-state index contributed by atoms with van der Waals surface area (Å²) in [6.45, 7) is 0. The number of hydrogen-bond acceptors (Lipinski definition) is 5. The van der Waals surface area contributed by atoms with Crippen molar-refractivity contribution in [3.63, 3.8) is 0 Å². The highest BCUT2D eigenvalue weighted by Crippen LogP contribution is 2.32. The molecule has 1 heterocycles. The molecule has 10 heteroatoms. The first kappa shape index (κ1) is 15.4. The maximum atomic E-state index is 14.1. The molecule has 2 aromatic rings. The number of nitrogens with zero attached hydrogens (tertiary/aromatic N) is 2. The number of carboxylic acids is 1. The molecule has 1 aromatic carbocycles. The van der Waals surface area contributed by atoms with Crippen molar-refractivity contribution in [1.29, 1.82) is 0 Å². The number of halogens is 2. The SMILES string of the molecule is Cn1[nH]c(=O)c(=O)nc1Sc1ccc(C(=O)O)c(Br)c1F. The predicted octanol–water partition coefficient (Wildman–Crippen LogP) is 1.22. The fourth-order valence-corrected chi connectivity index (χ4v) is 2.91. The number of aromatic carboxylic acids is 1. The van der Waals surface area contributed by atoms with Gasteiger partial charge in [-0.3, -0.25) is 19.4 Å². The predicted molar refractivity (Wildman–Crippen MR) is 75.3 cm³/mol. The molecule has 0 aliphatic rings. The maximum Gasteiger partial charge on any atom is 0.339 e. The average Bonchev–Trinajstić information content (AvgIpc) is 2.40. The summed E-state index contributed by atoms with van der Waals surface area (Å²) in [6.07, 6.45) is 0. The summed E-state index contributed by atoms with van der Waals surface area (Å²) in [5.74, 6) is -2.06. The lowest BCUT2D eigenvalue weighted by atomic mass is 10.2. The molecule has 0 spiro atoms. The Bertz CT molecular complexity index is 848. The summed E-state index contributed by atoms with van der Waals surface area (Å²) in [4.78, 5) is 36.8. The van der Waals surface area contributed by atoms with Crippen LogP contribution >= 0.6 is 27.7 Å². The van der Waals surface area contributed by atoms with Crippen molar-refractivity contribution in [2.24, 2.45) is 7.05 Å². The monoisotopic (exact) mass is 375 g/mol. The first-order valence-corrected chi connectivity index (χ1v) is 6.98. The van der Waals surface area contributed by atoms with E-state index >= 15 is 0 Å². The topological polar surface area (TPSA) is 105 Å². The second kappa shape index (κ2) is 5.82. The Kier molecular flexibility index (Phi) is 4.28. The van der Waals surface area contributed by atoms with Gasteiger partial charge in [0.2, 0.25) is 0 Å². The summed E-state index contributed by atoms with van der Waals surface area (Å²) in [5.41, 5.74) is -2.10. The van der Waals surface area contributed by atoms with E-state index in [-0.39, 0.29) is 20.1 Å². The van der Waals surface area contributed by atoms with Gasteiger partial charge in [0.1, 0.15) is 0 Å². The summed E-state index contributed by atoms with van der Waals surface area (Å²) in [7, 11) is 1.44. The standard InChI is InChI=1S/C11H7BrFN3O4S/c1-16-11(14-8(17)9(18)15-16)21-5-3-2-4(10(19)20)6(12)7(5)13/h2-3H,1H3,(H,15,18)(H,19,20). The first-order valence-electron chi connectivity index (χ1n) is 5.37. The minimum atomic E-state index is -1.27. The molecule has 2 N–H and O–H groups in total. The number of aryl methyl sites for hydroxylation is 1. The van der Waals surface area contributed by atoms with Gasteiger partial charge >= 0.3 is 17.1 Å². The van der Waals surface area contributed by atoms with Gasteiger partial charge in [-0.05, 0) is 39.8 Å². The second-order valence-corrected chi connectivity index (χ2v) is 5.65. The lowest BCUT2D eigenvalue weighted by molar-refractivity contribution is 0.0695. The first-order chi connectivity index (χ1) is 9.81. The molecule has 0 fully saturated rings. The smallest absolute Gasteiger partial charge is 0.339 e. The molecule has 7 nitrogen and oxygen atoms in total. The van der Waals surface area contributed by atoms with E-state index in [4.69, 9.17) is 5.11 Å². The highest BCUT2D eigenvalue weighted by molar-refractivity contribution is 9.10. The molecule has 1 aromatic heterocycles. The van der Waals surface area contributed by atoms with Crippen LogP contribution in [0.3, 0.4) is 0 Å². The number of benzene rings is 1. The van der Waals surface area contributed by atoms with Gasteiger partial charge < -0.3 is 5.11 Å². The van der Waals surface area contributed by atoms with Crippen LogP contribution in [0.4, 0.5) is 4.39 Å². The molecule has 0 saturated heterocycles. The quantitative estimate of drug-likeness (QED) is 0.781. The zero-order valence-corrected chi connectivity index (χ0v) is 12.8. The molecule has 0 aliphatic carbocycles. The van der Waals surface area contributed by atoms with Crippen LogP contribution in [0.25, 0.3) is 0 Å². The third-order valence-electron chi connectivity index (χ3n) is 2.43. The Morgan fingerprint density at radius 2 is 2.14 bits per heavy atom. The van der Waals surface area contributed by atoms with Crippen molar-refractivity contribution < 1.29 is 14.3 Å². The Hall–Kier alpha value is -1.94. The van der Waals surface area contributed by atoms with Crippen molar-refractivity contribution >= 4 is 33.7 Å². The molecular formula is C11H7BrFN3O4S. The van der Waals surface area contributed by atoms with Gasteiger partial charge in [-0.25, -0.2) is 9.18 Å². The number of rotatable bonds is 3. The molecule has 0 bridgehead atoms. The lowest BCUT2D eigenvalue weighted by Gasteiger charge is -2.08. The highest BCUT2D eigenvalue weighted by atomic mass is 79.9. The average molecular weight is 376 g/mol. The molecular weight excluding hydrogens is 369 g/mol. The van der Waals surface area contributed by atoms with E-state index in [1.165, 1.54) is 23.9 Å². The number of aromatic amines is 1. The van der Waals surface area contributed by atoms with Gasteiger partial charge in [0.25, 0.3) is 0 Å². The van der Waals surface area contributed by atoms with Crippen molar-refractivity contribution in [3.8, 4) is 0 Å². The van der Waals surface area contributed by atoms with E-state index in [0.717, 1.165) is 11.8 Å². The lowest BCUT2D eigenvalue weighted by Crippen LogP contribution is -2.33. The molecule has 0 aliphatic heterocycles. The molecule has 2 rings (SSSR count). The minimum absolute atomic E-state index is 0.0569. The van der Waals surface area contributed by atoms with Gasteiger partial charge in [0.05, 0.1) is 14.9 Å². The number of carboxylic acid groups (broad SMARTS) is 1. The maximum absolute atomic E-state index is 14.1. The molecule has 0 saturated carbocycles. The van der Waals surface area contributed by atoms with Crippen LogP contribution in [-0.4, -0.2) is 25.8 Å². The van der Waals surface area contributed by atoms with Gasteiger partial charge in [0.15, 0.2) is 11.0 Å². The second-order valence-electron chi connectivity index (χ2n) is 3.85. The van der Waals surface area contributed by atoms with Crippen LogP contribution in [0.5, 0.6) is 0 Å². The van der Waals surface area contributed by atoms with E-state index in [1.807, 2.05) is 0 Å². The van der Waals surface area contributed by atoms with Crippen molar-refractivity contribution in [3.05, 3.63) is 48.7 Å². The fourth-order valence-electron chi connectivity index (χ4n) is 1.43. The van der Waals surface area contributed by atoms with Gasteiger partial charge in [0, 0.05) is 7.05 Å². The molecule has 0 amide bonds. The third kappa shape index (κ3) is 3.05. The Balaban J connectivity index is 2.48. The number of hydrogen-bond donors (Lipinski definition) is 2. The van der Waals surface area contributed by atoms with E-state index < -0.39 is 22.9 Å². The van der Waals surface area contributed by atoms with Crippen LogP contribution < -0.4 is 11.1 Å². The van der Waals surface area contributed by atoms with Crippen molar-refractivity contribution in [1.82, 2.24) is 14.8 Å². The van der Waals surface area contributed by atoms with Crippen LogP contribution in [0.2, 0.25) is 0 Å². The van der Waals surface area contributed by atoms with E-state index in [9.17, 15) is 18.8 Å². The van der Waals surface area contributed by atoms with Gasteiger partial charge in [-0.15, -0.1) is 0 Å². The largest absolute Gasteiger partial charge is 0.478 e. The number of carbonyl (C=O) groups is 1. The van der Waals surface area contributed by atoms with Crippen LogP contribution in [0, 0.1) is 5.82 Å². The fraction of sp³-hybridized carbons (Fsp3) is 0.0909. The van der Waals surface area contributed by atoms with Crippen molar-refractivity contribution in [2.75, 3.05) is 0 Å². The minimum Gasteiger partial charge on any atom is -0.478 e.